The van der Waals surface area contributed by atoms with Crippen LogP contribution in [0.2, 0.25) is 0 Å². The van der Waals surface area contributed by atoms with Crippen LogP contribution in [0.3, 0.4) is 0 Å². The van der Waals surface area contributed by atoms with E-state index in [4.69, 9.17) is 20.4 Å². The highest BCUT2D eigenvalue weighted by molar-refractivity contribution is 5.85. The van der Waals surface area contributed by atoms with Gasteiger partial charge in [-0.15, -0.1) is 0 Å². The largest absolute Gasteiger partial charge is 0.481 e. The molecule has 82 valence electrons. The van der Waals surface area contributed by atoms with Crippen LogP contribution in [0.5, 0.6) is 0 Å². The molecule has 0 aliphatic carbocycles. The Morgan fingerprint density at radius 2 is 1.43 bits per heavy atom. The summed E-state index contributed by atoms with van der Waals surface area (Å²) in [7, 11) is 0. The minimum absolute atomic E-state index is 0. The van der Waals surface area contributed by atoms with Crippen LogP contribution in [0.15, 0.2) is 0 Å². The predicted molar refractivity (Wildman–Crippen MR) is 42.0 cm³/mol. The normalized spacial score (nSPS) is 13.5. The second kappa shape index (κ2) is 5.89. The molecule has 7 N–H and O–H groups in total. The maximum absolute atomic E-state index is 10.3. The van der Waals surface area contributed by atoms with Gasteiger partial charge in [0.15, 0.2) is 6.10 Å². The number of carbonyl (C=O) groups is 3. The molecule has 0 aromatic carbocycles. The number of aliphatic carboxylic acids is 3. The monoisotopic (exact) mass is 209 g/mol. The molecule has 0 rings (SSSR count). The lowest BCUT2D eigenvalue weighted by Crippen LogP contribution is -2.36. The smallest absolute Gasteiger partial charge is 0.333 e. The third-order valence-electron chi connectivity index (χ3n) is 1.35. The van der Waals surface area contributed by atoms with E-state index >= 15 is 0 Å². The standard InChI is InChI=1S/C6H8O7.H3N/c7-3(8)1-2(5(10)11)4(9)6(12)13;/h2,4,9H,1H2,(H,7,8)(H,10,11)(H,12,13);1H3. The minimum atomic E-state index is -2.20. The zero-order valence-electron chi connectivity index (χ0n) is 7.08. The summed E-state index contributed by atoms with van der Waals surface area (Å²) in [6.45, 7) is 0. The van der Waals surface area contributed by atoms with E-state index in [0.717, 1.165) is 0 Å². The lowest BCUT2D eigenvalue weighted by atomic mass is 9.99. The molecule has 0 saturated heterocycles. The minimum Gasteiger partial charge on any atom is -0.481 e. The van der Waals surface area contributed by atoms with Crippen molar-refractivity contribution in [3.05, 3.63) is 0 Å². The average Bonchev–Trinajstić information content (AvgIpc) is 1.97. The molecule has 2 unspecified atom stereocenters. The molecule has 0 saturated carbocycles. The van der Waals surface area contributed by atoms with Gasteiger partial charge >= 0.3 is 17.9 Å². The van der Waals surface area contributed by atoms with Crippen LogP contribution >= 0.6 is 0 Å². The number of rotatable bonds is 5. The molecular formula is C6H11NO7. The first-order valence-corrected chi connectivity index (χ1v) is 3.21. The Balaban J connectivity index is 0. The fourth-order valence-electron chi connectivity index (χ4n) is 0.694. The lowest BCUT2D eigenvalue weighted by molar-refractivity contribution is -0.162. The first-order chi connectivity index (χ1) is 5.86. The van der Waals surface area contributed by atoms with Gasteiger partial charge in [0.05, 0.1) is 6.42 Å². The van der Waals surface area contributed by atoms with Crippen LogP contribution in [-0.4, -0.2) is 44.4 Å². The molecule has 0 spiro atoms. The van der Waals surface area contributed by atoms with Crippen molar-refractivity contribution in [1.82, 2.24) is 6.15 Å². The third-order valence-corrected chi connectivity index (χ3v) is 1.35. The lowest BCUT2D eigenvalue weighted by Gasteiger charge is -2.12. The molecule has 0 amide bonds. The molecule has 0 fully saturated rings. The van der Waals surface area contributed by atoms with Crippen molar-refractivity contribution < 1.29 is 34.8 Å². The first-order valence-electron chi connectivity index (χ1n) is 3.21. The van der Waals surface area contributed by atoms with E-state index in [2.05, 4.69) is 0 Å². The van der Waals surface area contributed by atoms with Crippen molar-refractivity contribution in [2.24, 2.45) is 5.92 Å². The van der Waals surface area contributed by atoms with Crippen molar-refractivity contribution >= 4 is 17.9 Å². The average molecular weight is 209 g/mol. The number of hydrogen-bond donors (Lipinski definition) is 5. The molecule has 8 heteroatoms. The number of aliphatic hydroxyl groups is 1. The van der Waals surface area contributed by atoms with Crippen molar-refractivity contribution in [2.45, 2.75) is 12.5 Å². The Kier molecular flexibility index (Phi) is 6.24. The van der Waals surface area contributed by atoms with Gasteiger partial charge in [0.1, 0.15) is 5.92 Å². The van der Waals surface area contributed by atoms with Gasteiger partial charge in [-0.25, -0.2) is 4.79 Å². The molecule has 0 aromatic heterocycles. The van der Waals surface area contributed by atoms with E-state index < -0.39 is 36.4 Å². The number of carboxylic acid groups (broad SMARTS) is 3. The van der Waals surface area contributed by atoms with Gasteiger partial charge < -0.3 is 26.6 Å². The highest BCUT2D eigenvalue weighted by Crippen LogP contribution is 2.09. The summed E-state index contributed by atoms with van der Waals surface area (Å²) in [6, 6.07) is 0. The summed E-state index contributed by atoms with van der Waals surface area (Å²) in [5, 5.41) is 33.5. The van der Waals surface area contributed by atoms with Crippen LogP contribution in [0.1, 0.15) is 6.42 Å². The fourth-order valence-corrected chi connectivity index (χ4v) is 0.694. The molecule has 0 radical (unpaired) electrons. The number of aliphatic hydroxyl groups excluding tert-OH is 1. The molecule has 14 heavy (non-hydrogen) atoms. The molecule has 0 aromatic rings. The Labute approximate surface area is 78.4 Å². The topological polar surface area (TPSA) is 167 Å². The van der Waals surface area contributed by atoms with Gasteiger partial charge in [-0.05, 0) is 0 Å². The van der Waals surface area contributed by atoms with Crippen LogP contribution in [-0.2, 0) is 14.4 Å². The SMILES string of the molecule is N.O=C(O)CC(C(=O)O)C(O)C(=O)O. The maximum Gasteiger partial charge on any atom is 0.333 e. The quantitative estimate of drug-likeness (QED) is 0.375. The van der Waals surface area contributed by atoms with E-state index in [-0.39, 0.29) is 6.15 Å². The Bertz CT molecular complexity index is 238. The summed E-state index contributed by atoms with van der Waals surface area (Å²) in [4.78, 5) is 30.5. The Morgan fingerprint density at radius 3 is 1.64 bits per heavy atom. The molecule has 8 nitrogen and oxygen atoms in total. The zero-order chi connectivity index (χ0) is 10.6. The van der Waals surface area contributed by atoms with Gasteiger partial charge in [0.2, 0.25) is 0 Å². The number of carboxylic acids is 3. The first kappa shape index (κ1) is 14.8. The van der Waals surface area contributed by atoms with Crippen LogP contribution in [0.4, 0.5) is 0 Å². The van der Waals surface area contributed by atoms with Crippen LogP contribution < -0.4 is 6.15 Å². The number of hydrogen-bond acceptors (Lipinski definition) is 5. The van der Waals surface area contributed by atoms with Gasteiger partial charge in [-0.1, -0.05) is 0 Å². The van der Waals surface area contributed by atoms with Crippen molar-refractivity contribution in [3.63, 3.8) is 0 Å². The van der Waals surface area contributed by atoms with Crippen molar-refractivity contribution in [2.75, 3.05) is 0 Å². The Morgan fingerprint density at radius 1 is 1.00 bits per heavy atom. The maximum atomic E-state index is 10.3. The molecule has 2 atom stereocenters. The van der Waals surface area contributed by atoms with Gasteiger partial charge in [-0.2, -0.15) is 0 Å². The molecular weight excluding hydrogens is 198 g/mol. The van der Waals surface area contributed by atoms with Gasteiger partial charge in [-0.3, -0.25) is 9.59 Å². The molecule has 0 bridgehead atoms. The summed E-state index contributed by atoms with van der Waals surface area (Å²) in [6.07, 6.45) is -3.13. The predicted octanol–water partition coefficient (Wildman–Crippen LogP) is -1.23. The summed E-state index contributed by atoms with van der Waals surface area (Å²) in [5.41, 5.74) is 0. The zero-order valence-corrected chi connectivity index (χ0v) is 7.08. The summed E-state index contributed by atoms with van der Waals surface area (Å²) >= 11 is 0. The highest BCUT2D eigenvalue weighted by Gasteiger charge is 2.33. The van der Waals surface area contributed by atoms with Gasteiger partial charge in [0.25, 0.3) is 0 Å². The fraction of sp³-hybridized carbons (Fsp3) is 0.500. The van der Waals surface area contributed by atoms with Gasteiger partial charge in [0, 0.05) is 0 Å². The molecule has 0 aliphatic rings. The van der Waals surface area contributed by atoms with E-state index in [1.807, 2.05) is 0 Å². The second-order valence-electron chi connectivity index (χ2n) is 2.33. The van der Waals surface area contributed by atoms with Crippen molar-refractivity contribution in [1.29, 1.82) is 0 Å². The van der Waals surface area contributed by atoms with Crippen molar-refractivity contribution in [3.8, 4) is 0 Å². The third kappa shape index (κ3) is 4.38. The molecule has 0 aliphatic heterocycles. The van der Waals surface area contributed by atoms with E-state index in [1.165, 1.54) is 0 Å². The van der Waals surface area contributed by atoms with Crippen LogP contribution in [0, 0.1) is 5.92 Å². The highest BCUT2D eigenvalue weighted by atomic mass is 16.4. The summed E-state index contributed by atoms with van der Waals surface area (Å²) in [5.74, 6) is -6.71. The second-order valence-corrected chi connectivity index (χ2v) is 2.33. The summed E-state index contributed by atoms with van der Waals surface area (Å²) < 4.78 is 0. The Hall–Kier alpha value is -1.67. The van der Waals surface area contributed by atoms with Crippen LogP contribution in [0.25, 0.3) is 0 Å². The molecule has 0 heterocycles. The van der Waals surface area contributed by atoms with E-state index in [1.54, 1.807) is 0 Å². The van der Waals surface area contributed by atoms with E-state index in [9.17, 15) is 14.4 Å². The van der Waals surface area contributed by atoms with E-state index in [0.29, 0.717) is 0 Å².